The Morgan fingerprint density at radius 1 is 1.14 bits per heavy atom. The minimum Gasteiger partial charge on any atom is -0.507 e. The van der Waals surface area contributed by atoms with Crippen LogP contribution in [-0.2, 0) is 34.0 Å². The number of nitrogens with one attached hydrogen (secondary N) is 2. The lowest BCUT2D eigenvalue weighted by Gasteiger charge is -2.30. The highest BCUT2D eigenvalue weighted by Gasteiger charge is 2.60. The molecule has 42 heavy (non-hydrogen) atoms. The zero-order chi connectivity index (χ0) is 30.6. The average Bonchev–Trinajstić information content (AvgIpc) is 3.52. The molecule has 2 fully saturated rings. The van der Waals surface area contributed by atoms with E-state index in [1.165, 1.54) is 41.5 Å². The Balaban J connectivity index is 1.50. The number of nitrogen functional groups attached to an aromatic ring is 1. The molecule has 2 aromatic heterocycles. The van der Waals surface area contributed by atoms with Crippen molar-refractivity contribution in [1.29, 1.82) is 0 Å². The molecule has 5 atom stereocenters. The average molecular weight is 606 g/mol. The van der Waals surface area contributed by atoms with Gasteiger partial charge in [-0.2, -0.15) is 13.1 Å². The smallest absolute Gasteiger partial charge is 0.327 e. The second kappa shape index (κ2) is 10.4. The zero-order valence-electron chi connectivity index (χ0n) is 23.3. The molecule has 1 aromatic carbocycles. The van der Waals surface area contributed by atoms with E-state index in [4.69, 9.17) is 24.7 Å². The number of hydrogen-bond acceptors (Lipinski definition) is 13. The van der Waals surface area contributed by atoms with Crippen LogP contribution in [0.5, 0.6) is 5.75 Å². The van der Waals surface area contributed by atoms with E-state index in [9.17, 15) is 23.1 Å². The van der Waals surface area contributed by atoms with Crippen LogP contribution in [0.15, 0.2) is 36.9 Å². The highest BCUT2D eigenvalue weighted by atomic mass is 32.2. The van der Waals surface area contributed by atoms with Crippen LogP contribution in [0.2, 0.25) is 0 Å². The lowest BCUT2D eigenvalue weighted by atomic mass is 10.0. The van der Waals surface area contributed by atoms with Gasteiger partial charge >= 0.3 is 16.2 Å². The van der Waals surface area contributed by atoms with E-state index >= 15 is 0 Å². The largest absolute Gasteiger partial charge is 0.507 e. The minimum absolute atomic E-state index is 0.133. The molecule has 4 heterocycles. The monoisotopic (exact) mass is 605 g/mol. The van der Waals surface area contributed by atoms with Crippen molar-refractivity contribution in [2.75, 3.05) is 5.73 Å². The predicted molar refractivity (Wildman–Crippen MR) is 145 cm³/mol. The Hall–Kier alpha value is -3.90. The van der Waals surface area contributed by atoms with E-state index in [2.05, 4.69) is 19.7 Å². The summed E-state index contributed by atoms with van der Waals surface area (Å²) < 4.78 is 55.9. The molecule has 3 aromatic rings. The van der Waals surface area contributed by atoms with Gasteiger partial charge in [0, 0.05) is 0 Å². The highest BCUT2D eigenvalue weighted by molar-refractivity contribution is 7.88. The molecule has 0 bridgehead atoms. The Bertz CT molecular complexity index is 1640. The number of para-hydroxylation sites is 1. The van der Waals surface area contributed by atoms with E-state index in [0.717, 1.165) is 0 Å². The molecule has 1 unspecified atom stereocenters. The maximum atomic E-state index is 13.5. The van der Waals surface area contributed by atoms with Crippen LogP contribution in [-0.4, -0.2) is 80.7 Å². The maximum absolute atomic E-state index is 13.5. The summed E-state index contributed by atoms with van der Waals surface area (Å²) in [5, 5.41) is 9.99. The number of aromatic nitrogens is 4. The first-order valence-corrected chi connectivity index (χ1v) is 14.3. The van der Waals surface area contributed by atoms with Gasteiger partial charge in [-0.15, -0.1) is 0 Å². The first-order chi connectivity index (χ1) is 19.6. The van der Waals surface area contributed by atoms with Crippen LogP contribution in [0, 0.1) is 0 Å². The first kappa shape index (κ1) is 29.6. The lowest BCUT2D eigenvalue weighted by molar-refractivity contribution is -0.202. The number of nitrogens with zero attached hydrogens (tertiary/aromatic N) is 4. The molecular formula is C25H31N7O9S. The third-order valence-electron chi connectivity index (χ3n) is 6.37. The standard InChI is InChI=1S/C25H31N7O9S/c1-24(2,3)41-23(35)14(30-42(36,37)31-21(34)12-8-6-7-9-13(12)33)16-17-18(40-25(4,5)39-17)22(38-16)32-11-29-15-19(26)27-10-28-20(15)32/h6-11,14,16-18,22,30,33H,1-5H3,(H,31,34)(H2,26,27,28)/t14?,16-,17-,18-,22-/m1/s1. The number of carbonyl (C=O) groups excluding carboxylic acids is 2. The summed E-state index contributed by atoms with van der Waals surface area (Å²) in [6.07, 6.45) is -1.50. The fourth-order valence-electron chi connectivity index (χ4n) is 4.81. The van der Waals surface area contributed by atoms with Gasteiger partial charge in [-0.1, -0.05) is 12.1 Å². The third kappa shape index (κ3) is 5.86. The quantitative estimate of drug-likeness (QED) is 0.270. The SMILES string of the molecule is CC(C)(C)OC(=O)C(NS(=O)(=O)NC(=O)c1ccccc1O)[C@H]1O[C@@H](n2cnc3c(N)ncnc32)[C@@H]2OC(C)(C)O[C@@H]21. The summed E-state index contributed by atoms with van der Waals surface area (Å²) in [5.41, 5.74) is 5.24. The highest BCUT2D eigenvalue weighted by Crippen LogP contribution is 2.45. The molecule has 0 saturated carbocycles. The second-order valence-electron chi connectivity index (χ2n) is 11.2. The molecule has 1 amide bonds. The van der Waals surface area contributed by atoms with Gasteiger partial charge < -0.3 is 29.8 Å². The van der Waals surface area contributed by atoms with Crippen molar-refractivity contribution < 1.29 is 42.1 Å². The fourth-order valence-corrected chi connectivity index (χ4v) is 5.79. The number of anilines is 1. The van der Waals surface area contributed by atoms with Crippen LogP contribution in [0.4, 0.5) is 5.82 Å². The summed E-state index contributed by atoms with van der Waals surface area (Å²) in [7, 11) is -4.75. The number of carbonyl (C=O) groups is 2. The molecule has 0 aliphatic carbocycles. The van der Waals surface area contributed by atoms with E-state index in [0.29, 0.717) is 11.2 Å². The molecule has 16 nitrogen and oxygen atoms in total. The molecule has 226 valence electrons. The van der Waals surface area contributed by atoms with Gasteiger partial charge in [0.2, 0.25) is 0 Å². The van der Waals surface area contributed by atoms with Crippen LogP contribution in [0.1, 0.15) is 51.2 Å². The zero-order valence-corrected chi connectivity index (χ0v) is 24.2. The fraction of sp³-hybridized carbons (Fsp3) is 0.480. The number of nitrogens with two attached hydrogens (primary N) is 1. The number of rotatable bonds is 7. The summed E-state index contributed by atoms with van der Waals surface area (Å²) >= 11 is 0. The predicted octanol–water partition coefficient (Wildman–Crippen LogP) is 0.506. The number of imidazole rings is 1. The number of aromatic hydroxyl groups is 1. The van der Waals surface area contributed by atoms with E-state index in [1.54, 1.807) is 34.6 Å². The van der Waals surface area contributed by atoms with Crippen molar-refractivity contribution >= 4 is 39.1 Å². The van der Waals surface area contributed by atoms with Crippen molar-refractivity contribution in [3.63, 3.8) is 0 Å². The number of hydrogen-bond donors (Lipinski definition) is 4. The van der Waals surface area contributed by atoms with Crippen LogP contribution in [0.25, 0.3) is 11.2 Å². The summed E-state index contributed by atoms with van der Waals surface area (Å²) in [6.45, 7) is 8.14. The van der Waals surface area contributed by atoms with Gasteiger partial charge in [-0.05, 0) is 46.8 Å². The normalized spacial score (nSPS) is 24.3. The van der Waals surface area contributed by atoms with Gasteiger partial charge in [-0.3, -0.25) is 14.2 Å². The Kier molecular flexibility index (Phi) is 7.34. The van der Waals surface area contributed by atoms with Crippen LogP contribution < -0.4 is 15.2 Å². The van der Waals surface area contributed by atoms with Crippen LogP contribution >= 0.6 is 0 Å². The number of esters is 1. The van der Waals surface area contributed by atoms with Crippen molar-refractivity contribution in [2.45, 2.75) is 76.6 Å². The molecular weight excluding hydrogens is 574 g/mol. The van der Waals surface area contributed by atoms with E-state index < -0.39 is 69.8 Å². The Morgan fingerprint density at radius 2 is 1.83 bits per heavy atom. The van der Waals surface area contributed by atoms with Gasteiger partial charge in [0.15, 0.2) is 23.5 Å². The minimum atomic E-state index is -4.75. The summed E-state index contributed by atoms with van der Waals surface area (Å²) in [5.74, 6) is -3.57. The number of phenols is 1. The summed E-state index contributed by atoms with van der Waals surface area (Å²) in [4.78, 5) is 38.6. The van der Waals surface area contributed by atoms with Crippen molar-refractivity contribution in [3.8, 4) is 5.75 Å². The molecule has 5 N–H and O–H groups in total. The van der Waals surface area contributed by atoms with E-state index in [1.807, 2.05) is 4.72 Å². The molecule has 5 rings (SSSR count). The molecule has 17 heteroatoms. The Labute approximate surface area is 240 Å². The van der Waals surface area contributed by atoms with E-state index in [-0.39, 0.29) is 11.4 Å². The van der Waals surface area contributed by atoms with Crippen molar-refractivity contribution in [2.24, 2.45) is 0 Å². The summed E-state index contributed by atoms with van der Waals surface area (Å²) in [6, 6.07) is 3.66. The third-order valence-corrected chi connectivity index (χ3v) is 7.39. The van der Waals surface area contributed by atoms with Crippen LogP contribution in [0.3, 0.4) is 0 Å². The molecule has 2 aliphatic heterocycles. The number of phenolic OH excluding ortho intramolecular Hbond substituents is 1. The van der Waals surface area contributed by atoms with Crippen molar-refractivity contribution in [3.05, 3.63) is 42.5 Å². The molecule has 0 spiro atoms. The van der Waals surface area contributed by atoms with Gasteiger partial charge in [0.25, 0.3) is 5.91 Å². The number of ether oxygens (including phenoxy) is 4. The van der Waals surface area contributed by atoms with Gasteiger partial charge in [-0.25, -0.2) is 19.7 Å². The topological polar surface area (TPSA) is 219 Å². The van der Waals surface area contributed by atoms with Crippen molar-refractivity contribution in [1.82, 2.24) is 29.0 Å². The second-order valence-corrected chi connectivity index (χ2v) is 12.7. The number of amides is 1. The number of fused-ring (bicyclic) bond motifs is 2. The Morgan fingerprint density at radius 3 is 2.52 bits per heavy atom. The molecule has 0 radical (unpaired) electrons. The van der Waals surface area contributed by atoms with Gasteiger partial charge in [0.1, 0.15) is 47.5 Å². The molecule has 2 saturated heterocycles. The maximum Gasteiger partial charge on any atom is 0.327 e. The van der Waals surface area contributed by atoms with Gasteiger partial charge in [0.05, 0.1) is 11.9 Å². The lowest BCUT2D eigenvalue weighted by Crippen LogP contribution is -2.57. The first-order valence-electron chi connectivity index (χ1n) is 12.8. The molecule has 2 aliphatic rings. The number of benzene rings is 1.